The van der Waals surface area contributed by atoms with Gasteiger partial charge in [0.2, 0.25) is 0 Å². The highest BCUT2D eigenvalue weighted by molar-refractivity contribution is 7.99. The highest BCUT2D eigenvalue weighted by Gasteiger charge is 2.05. The van der Waals surface area contributed by atoms with E-state index in [1.165, 1.54) is 0 Å². The summed E-state index contributed by atoms with van der Waals surface area (Å²) in [5, 5.41) is 18.2. The molecule has 2 nitrogen and oxygen atoms in total. The molecule has 0 spiro atoms. The van der Waals surface area contributed by atoms with Gasteiger partial charge in [0.25, 0.3) is 0 Å². The van der Waals surface area contributed by atoms with E-state index in [2.05, 4.69) is 6.92 Å². The molecule has 0 heterocycles. The average Bonchev–Trinajstić information content (AvgIpc) is 2.01. The van der Waals surface area contributed by atoms with Gasteiger partial charge in [0.05, 0.1) is 6.10 Å². The molecule has 0 bridgehead atoms. The van der Waals surface area contributed by atoms with Crippen molar-refractivity contribution in [2.24, 2.45) is 0 Å². The van der Waals surface area contributed by atoms with Crippen molar-refractivity contribution in [2.45, 2.75) is 38.0 Å². The van der Waals surface area contributed by atoms with Crippen LogP contribution >= 0.6 is 11.8 Å². The fourth-order valence-corrected chi connectivity index (χ4v) is 1.72. The molecule has 2 unspecified atom stereocenters. The van der Waals surface area contributed by atoms with E-state index in [0.29, 0.717) is 5.25 Å². The second-order valence-corrected chi connectivity index (χ2v) is 4.19. The molecule has 0 aromatic heterocycles. The van der Waals surface area contributed by atoms with Crippen molar-refractivity contribution in [3.05, 3.63) is 0 Å². The van der Waals surface area contributed by atoms with Crippen LogP contribution in [0.3, 0.4) is 0 Å². The molecule has 0 saturated heterocycles. The molecule has 0 fully saturated rings. The maximum Gasteiger partial charge on any atom is 0.0628 e. The minimum absolute atomic E-state index is 0.179. The summed E-state index contributed by atoms with van der Waals surface area (Å²) in [5.41, 5.74) is 0. The van der Waals surface area contributed by atoms with E-state index in [-0.39, 0.29) is 12.7 Å². The van der Waals surface area contributed by atoms with Gasteiger partial charge in [-0.3, -0.25) is 0 Å². The van der Waals surface area contributed by atoms with Gasteiger partial charge in [-0.05, 0) is 12.8 Å². The van der Waals surface area contributed by atoms with Gasteiger partial charge in [-0.15, -0.1) is 0 Å². The van der Waals surface area contributed by atoms with Crippen LogP contribution in [0.15, 0.2) is 0 Å². The standard InChI is InChI=1S/C8H18O2S/c1-3-8(10)6-11-7(2)4-5-9/h7-10H,3-6H2,1-2H3. The van der Waals surface area contributed by atoms with Gasteiger partial charge in [0.15, 0.2) is 0 Å². The van der Waals surface area contributed by atoms with E-state index in [4.69, 9.17) is 5.11 Å². The number of thioether (sulfide) groups is 1. The molecule has 0 aliphatic rings. The Balaban J connectivity index is 3.22. The molecule has 0 radical (unpaired) electrons. The Morgan fingerprint density at radius 3 is 2.55 bits per heavy atom. The molecule has 2 atom stereocenters. The molecule has 2 N–H and O–H groups in total. The Labute approximate surface area is 73.0 Å². The third-order valence-corrected chi connectivity index (χ3v) is 2.96. The van der Waals surface area contributed by atoms with Gasteiger partial charge in [-0.25, -0.2) is 0 Å². The maximum atomic E-state index is 9.19. The first-order valence-electron chi connectivity index (χ1n) is 4.11. The SMILES string of the molecule is CCC(O)CSC(C)CCO. The Morgan fingerprint density at radius 1 is 1.45 bits per heavy atom. The predicted octanol–water partition coefficient (Wildman–Crippen LogP) is 1.26. The number of hydrogen-bond donors (Lipinski definition) is 2. The molecule has 68 valence electrons. The highest BCUT2D eigenvalue weighted by Crippen LogP contribution is 2.15. The first kappa shape index (κ1) is 11.3. The minimum Gasteiger partial charge on any atom is -0.396 e. The smallest absolute Gasteiger partial charge is 0.0628 e. The number of aliphatic hydroxyl groups excluding tert-OH is 2. The Bertz CT molecular complexity index is 88.2. The second kappa shape index (κ2) is 6.95. The van der Waals surface area contributed by atoms with Gasteiger partial charge in [-0.1, -0.05) is 13.8 Å². The van der Waals surface area contributed by atoms with Crippen LogP contribution in [-0.2, 0) is 0 Å². The molecule has 11 heavy (non-hydrogen) atoms. The van der Waals surface area contributed by atoms with Crippen LogP contribution in [0, 0.1) is 0 Å². The van der Waals surface area contributed by atoms with Crippen molar-refractivity contribution in [2.75, 3.05) is 12.4 Å². The van der Waals surface area contributed by atoms with Crippen LogP contribution in [0.25, 0.3) is 0 Å². The molecule has 0 aliphatic heterocycles. The predicted molar refractivity (Wildman–Crippen MR) is 49.9 cm³/mol. The van der Waals surface area contributed by atoms with Crippen LogP contribution < -0.4 is 0 Å². The van der Waals surface area contributed by atoms with E-state index >= 15 is 0 Å². The normalized spacial score (nSPS) is 16.4. The van der Waals surface area contributed by atoms with Gasteiger partial charge < -0.3 is 10.2 Å². The average molecular weight is 178 g/mol. The molecule has 0 aromatic carbocycles. The van der Waals surface area contributed by atoms with Gasteiger partial charge in [0.1, 0.15) is 0 Å². The molecule has 0 aliphatic carbocycles. The fraction of sp³-hybridized carbons (Fsp3) is 1.00. The third-order valence-electron chi connectivity index (χ3n) is 1.58. The zero-order valence-electron chi connectivity index (χ0n) is 7.29. The van der Waals surface area contributed by atoms with E-state index in [9.17, 15) is 5.11 Å². The van der Waals surface area contributed by atoms with Crippen LogP contribution in [-0.4, -0.2) is 33.9 Å². The number of hydrogen-bond acceptors (Lipinski definition) is 3. The van der Waals surface area contributed by atoms with Crippen molar-refractivity contribution >= 4 is 11.8 Å². The molecule has 0 rings (SSSR count). The summed E-state index contributed by atoms with van der Waals surface area (Å²) in [6.45, 7) is 4.29. The first-order valence-corrected chi connectivity index (χ1v) is 5.16. The van der Waals surface area contributed by atoms with Crippen molar-refractivity contribution in [1.82, 2.24) is 0 Å². The van der Waals surface area contributed by atoms with Crippen LogP contribution in [0.4, 0.5) is 0 Å². The van der Waals surface area contributed by atoms with Crippen LogP contribution in [0.2, 0.25) is 0 Å². The molecular weight excluding hydrogens is 160 g/mol. The molecule has 0 aromatic rings. The van der Waals surface area contributed by atoms with Crippen LogP contribution in [0.5, 0.6) is 0 Å². The maximum absolute atomic E-state index is 9.19. The summed E-state index contributed by atoms with van der Waals surface area (Å²) >= 11 is 1.72. The van der Waals surface area contributed by atoms with Crippen molar-refractivity contribution in [3.63, 3.8) is 0 Å². The van der Waals surface area contributed by atoms with Gasteiger partial charge >= 0.3 is 0 Å². The minimum atomic E-state index is -0.179. The highest BCUT2D eigenvalue weighted by atomic mass is 32.2. The Morgan fingerprint density at radius 2 is 2.09 bits per heavy atom. The summed E-state index contributed by atoms with van der Waals surface area (Å²) in [7, 11) is 0. The third kappa shape index (κ3) is 6.66. The molecule has 3 heteroatoms. The van der Waals surface area contributed by atoms with Crippen molar-refractivity contribution < 1.29 is 10.2 Å². The molecular formula is C8H18O2S. The Kier molecular flexibility index (Phi) is 7.12. The lowest BCUT2D eigenvalue weighted by atomic mass is 10.3. The summed E-state index contributed by atoms with van der Waals surface area (Å²) in [6.07, 6.45) is 1.46. The largest absolute Gasteiger partial charge is 0.396 e. The topological polar surface area (TPSA) is 40.5 Å². The Hall–Kier alpha value is 0.270. The van der Waals surface area contributed by atoms with E-state index in [0.717, 1.165) is 18.6 Å². The van der Waals surface area contributed by atoms with E-state index in [1.807, 2.05) is 6.92 Å². The van der Waals surface area contributed by atoms with E-state index in [1.54, 1.807) is 11.8 Å². The quantitative estimate of drug-likeness (QED) is 0.643. The fourth-order valence-electron chi connectivity index (χ4n) is 0.658. The summed E-state index contributed by atoms with van der Waals surface area (Å²) < 4.78 is 0. The van der Waals surface area contributed by atoms with E-state index < -0.39 is 0 Å². The lowest BCUT2D eigenvalue weighted by Crippen LogP contribution is -2.11. The second-order valence-electron chi connectivity index (χ2n) is 2.72. The number of aliphatic hydroxyl groups is 2. The zero-order chi connectivity index (χ0) is 8.69. The van der Waals surface area contributed by atoms with Crippen molar-refractivity contribution in [3.8, 4) is 0 Å². The van der Waals surface area contributed by atoms with Gasteiger partial charge in [-0.2, -0.15) is 11.8 Å². The van der Waals surface area contributed by atoms with Crippen molar-refractivity contribution in [1.29, 1.82) is 0 Å². The first-order chi connectivity index (χ1) is 5.20. The monoisotopic (exact) mass is 178 g/mol. The lowest BCUT2D eigenvalue weighted by Gasteiger charge is -2.11. The molecule has 0 saturated carbocycles. The zero-order valence-corrected chi connectivity index (χ0v) is 8.10. The summed E-state index contributed by atoms with van der Waals surface area (Å²) in [5.74, 6) is 0.789. The summed E-state index contributed by atoms with van der Waals surface area (Å²) in [6, 6.07) is 0. The molecule has 0 amide bonds. The van der Waals surface area contributed by atoms with Gasteiger partial charge in [0, 0.05) is 17.6 Å². The summed E-state index contributed by atoms with van der Waals surface area (Å²) in [4.78, 5) is 0. The number of rotatable bonds is 6. The lowest BCUT2D eigenvalue weighted by molar-refractivity contribution is 0.195. The van der Waals surface area contributed by atoms with Crippen LogP contribution in [0.1, 0.15) is 26.7 Å².